The highest BCUT2D eigenvalue weighted by Gasteiger charge is 2.21. The second-order valence-corrected chi connectivity index (χ2v) is 6.30. The smallest absolute Gasteiger partial charge is 0.253 e. The van der Waals surface area contributed by atoms with E-state index in [-0.39, 0.29) is 5.56 Å². The van der Waals surface area contributed by atoms with Crippen LogP contribution in [-0.2, 0) is 6.54 Å². The van der Waals surface area contributed by atoms with E-state index in [1.54, 1.807) is 17.0 Å². The number of hydrogen-bond donors (Lipinski definition) is 0. The van der Waals surface area contributed by atoms with Gasteiger partial charge < -0.3 is 4.42 Å². The molecular formula is C19H19N3O2. The molecule has 4 rings (SSSR count). The number of aromatic nitrogens is 3. The third-order valence-electron chi connectivity index (χ3n) is 4.66. The number of hydrogen-bond acceptors (Lipinski definition) is 4. The van der Waals surface area contributed by atoms with Gasteiger partial charge in [0.25, 0.3) is 5.56 Å². The molecule has 1 aliphatic carbocycles. The van der Waals surface area contributed by atoms with Gasteiger partial charge in [-0.2, -0.15) is 0 Å². The molecule has 0 unspecified atom stereocenters. The van der Waals surface area contributed by atoms with E-state index < -0.39 is 0 Å². The fourth-order valence-corrected chi connectivity index (χ4v) is 2.93. The minimum absolute atomic E-state index is 0.0319. The van der Waals surface area contributed by atoms with Crippen LogP contribution in [0.4, 0.5) is 0 Å². The summed E-state index contributed by atoms with van der Waals surface area (Å²) < 4.78 is 7.34. The van der Waals surface area contributed by atoms with Gasteiger partial charge in [0, 0.05) is 17.5 Å². The Morgan fingerprint density at radius 1 is 1.25 bits per heavy atom. The molecule has 0 bridgehead atoms. The molecule has 2 aromatic heterocycles. The first kappa shape index (κ1) is 14.9. The highest BCUT2D eigenvalue weighted by atomic mass is 16.4. The molecule has 24 heavy (non-hydrogen) atoms. The summed E-state index contributed by atoms with van der Waals surface area (Å²) in [6.07, 6.45) is 5.14. The van der Waals surface area contributed by atoms with E-state index in [0.29, 0.717) is 18.4 Å². The first-order valence-electron chi connectivity index (χ1n) is 8.29. The van der Waals surface area contributed by atoms with Crippen molar-refractivity contribution in [2.45, 2.75) is 38.6 Å². The van der Waals surface area contributed by atoms with E-state index in [0.717, 1.165) is 35.6 Å². The molecule has 0 radical (unpaired) electrons. The molecule has 0 N–H and O–H groups in total. The van der Waals surface area contributed by atoms with Crippen molar-refractivity contribution in [3.8, 4) is 11.5 Å². The Bertz CT molecular complexity index is 908. The Kier molecular flexibility index (Phi) is 3.76. The third-order valence-corrected chi connectivity index (χ3v) is 4.66. The molecular weight excluding hydrogens is 302 g/mol. The predicted molar refractivity (Wildman–Crippen MR) is 90.9 cm³/mol. The number of aryl methyl sites for hydroxylation is 1. The summed E-state index contributed by atoms with van der Waals surface area (Å²) in [4.78, 5) is 21.3. The number of rotatable bonds is 4. The van der Waals surface area contributed by atoms with Crippen LogP contribution in [0, 0.1) is 6.92 Å². The van der Waals surface area contributed by atoms with E-state index in [1.807, 2.05) is 37.3 Å². The van der Waals surface area contributed by atoms with Crippen molar-refractivity contribution in [3.63, 3.8) is 0 Å². The maximum Gasteiger partial charge on any atom is 0.253 e. The largest absolute Gasteiger partial charge is 0.441 e. The van der Waals surface area contributed by atoms with Crippen molar-refractivity contribution in [2.75, 3.05) is 0 Å². The van der Waals surface area contributed by atoms with Gasteiger partial charge in [0.05, 0.1) is 18.6 Å². The standard InChI is InChI=1S/C19H19N3O2/c1-13-17(21-19(24-13)15-6-3-2-4-7-15)11-22-12-20-16(10-18(22)23)14-8-5-9-14/h2-4,6-7,10,12,14H,5,8-9,11H2,1H3. The first-order valence-corrected chi connectivity index (χ1v) is 8.29. The minimum atomic E-state index is -0.0319. The fraction of sp³-hybridized carbons (Fsp3) is 0.316. The van der Waals surface area contributed by atoms with Crippen LogP contribution in [0.1, 0.15) is 42.3 Å². The molecule has 5 nitrogen and oxygen atoms in total. The summed E-state index contributed by atoms with van der Waals surface area (Å²) in [7, 11) is 0. The lowest BCUT2D eigenvalue weighted by molar-refractivity contribution is 0.408. The quantitative estimate of drug-likeness (QED) is 0.737. The van der Waals surface area contributed by atoms with Gasteiger partial charge in [-0.05, 0) is 31.9 Å². The summed E-state index contributed by atoms with van der Waals surface area (Å²) in [5.74, 6) is 1.77. The van der Waals surface area contributed by atoms with Crippen molar-refractivity contribution in [1.29, 1.82) is 0 Å². The summed E-state index contributed by atoms with van der Waals surface area (Å²) in [5, 5.41) is 0. The molecule has 0 atom stereocenters. The first-order chi connectivity index (χ1) is 11.7. The van der Waals surface area contributed by atoms with Crippen LogP contribution in [0.5, 0.6) is 0 Å². The van der Waals surface area contributed by atoms with Crippen molar-refractivity contribution >= 4 is 0 Å². The zero-order valence-corrected chi connectivity index (χ0v) is 13.6. The third kappa shape index (κ3) is 2.77. The zero-order valence-electron chi connectivity index (χ0n) is 13.6. The minimum Gasteiger partial charge on any atom is -0.441 e. The van der Waals surface area contributed by atoms with Gasteiger partial charge in [0.1, 0.15) is 11.5 Å². The average molecular weight is 321 g/mol. The highest BCUT2D eigenvalue weighted by Crippen LogP contribution is 2.34. The molecule has 0 amide bonds. The molecule has 3 aromatic rings. The van der Waals surface area contributed by atoms with E-state index in [9.17, 15) is 4.79 Å². The summed E-state index contributed by atoms with van der Waals surface area (Å²) in [6.45, 7) is 2.24. The number of benzene rings is 1. The molecule has 0 saturated heterocycles. The Balaban J connectivity index is 1.59. The van der Waals surface area contributed by atoms with Gasteiger partial charge in [-0.3, -0.25) is 9.36 Å². The summed E-state index contributed by atoms with van der Waals surface area (Å²) in [5.41, 5.74) is 2.58. The lowest BCUT2D eigenvalue weighted by atomic mass is 9.83. The monoisotopic (exact) mass is 321 g/mol. The van der Waals surface area contributed by atoms with Crippen LogP contribution in [0.3, 0.4) is 0 Å². The van der Waals surface area contributed by atoms with Crippen LogP contribution in [-0.4, -0.2) is 14.5 Å². The lowest BCUT2D eigenvalue weighted by Gasteiger charge is -2.24. The Hall–Kier alpha value is -2.69. The molecule has 0 aliphatic heterocycles. The SMILES string of the molecule is Cc1oc(-c2ccccc2)nc1Cn1cnc(C2CCC2)cc1=O. The van der Waals surface area contributed by atoms with Crippen LogP contribution in [0.25, 0.3) is 11.5 Å². The van der Waals surface area contributed by atoms with Crippen molar-refractivity contribution in [1.82, 2.24) is 14.5 Å². The van der Waals surface area contributed by atoms with Gasteiger partial charge in [-0.1, -0.05) is 24.6 Å². The Morgan fingerprint density at radius 2 is 2.04 bits per heavy atom. The molecule has 1 aliphatic rings. The van der Waals surface area contributed by atoms with Crippen LogP contribution < -0.4 is 5.56 Å². The Labute approximate surface area is 140 Å². The maximum absolute atomic E-state index is 12.3. The van der Waals surface area contributed by atoms with Crippen LogP contribution >= 0.6 is 0 Å². The fourth-order valence-electron chi connectivity index (χ4n) is 2.93. The van der Waals surface area contributed by atoms with Gasteiger partial charge in [-0.25, -0.2) is 9.97 Å². The van der Waals surface area contributed by atoms with Crippen molar-refractivity contribution < 1.29 is 4.42 Å². The second kappa shape index (κ2) is 6.07. The van der Waals surface area contributed by atoms with Gasteiger partial charge >= 0.3 is 0 Å². The van der Waals surface area contributed by atoms with Gasteiger partial charge in [0.15, 0.2) is 0 Å². The molecule has 1 aromatic carbocycles. The molecule has 1 fully saturated rings. The Morgan fingerprint density at radius 3 is 2.71 bits per heavy atom. The van der Waals surface area contributed by atoms with E-state index in [4.69, 9.17) is 4.42 Å². The molecule has 1 saturated carbocycles. The van der Waals surface area contributed by atoms with E-state index in [2.05, 4.69) is 9.97 Å². The van der Waals surface area contributed by atoms with E-state index in [1.165, 1.54) is 6.42 Å². The predicted octanol–water partition coefficient (Wildman–Crippen LogP) is 3.52. The van der Waals surface area contributed by atoms with Gasteiger partial charge in [0.2, 0.25) is 5.89 Å². The lowest BCUT2D eigenvalue weighted by Crippen LogP contribution is -2.23. The van der Waals surface area contributed by atoms with Gasteiger partial charge in [-0.15, -0.1) is 0 Å². The topological polar surface area (TPSA) is 60.9 Å². The summed E-state index contributed by atoms with van der Waals surface area (Å²) >= 11 is 0. The van der Waals surface area contributed by atoms with Crippen LogP contribution in [0.2, 0.25) is 0 Å². The molecule has 5 heteroatoms. The average Bonchev–Trinajstić information content (AvgIpc) is 2.90. The second-order valence-electron chi connectivity index (χ2n) is 6.30. The highest BCUT2D eigenvalue weighted by molar-refractivity contribution is 5.53. The normalized spacial score (nSPS) is 14.5. The zero-order chi connectivity index (χ0) is 16.5. The van der Waals surface area contributed by atoms with Crippen molar-refractivity contribution in [2.24, 2.45) is 0 Å². The summed E-state index contributed by atoms with van der Waals surface area (Å²) in [6, 6.07) is 11.4. The number of oxazole rings is 1. The molecule has 2 heterocycles. The molecule has 0 spiro atoms. The van der Waals surface area contributed by atoms with E-state index >= 15 is 0 Å². The van der Waals surface area contributed by atoms with Crippen LogP contribution in [0.15, 0.2) is 51.9 Å². The maximum atomic E-state index is 12.3. The van der Waals surface area contributed by atoms with Crippen molar-refractivity contribution in [3.05, 3.63) is 70.2 Å². The molecule has 122 valence electrons. The number of nitrogens with zero attached hydrogens (tertiary/aromatic N) is 3.